The molecule has 1 N–H and O–H groups in total. The molecule has 0 bridgehead atoms. The van der Waals surface area contributed by atoms with Crippen molar-refractivity contribution in [3.05, 3.63) is 34.9 Å². The molecule has 0 saturated carbocycles. The van der Waals surface area contributed by atoms with E-state index in [4.69, 9.17) is 4.74 Å². The van der Waals surface area contributed by atoms with Gasteiger partial charge in [-0.05, 0) is 26.3 Å². The SMILES string of the molecule is CCOC(=O)C1CNCC1(C)c1cc(C)cc(C)c1. The number of hydrogen-bond donors (Lipinski definition) is 1. The monoisotopic (exact) mass is 261 g/mol. The van der Waals surface area contributed by atoms with Crippen molar-refractivity contribution >= 4 is 5.97 Å². The normalized spacial score (nSPS) is 26.4. The summed E-state index contributed by atoms with van der Waals surface area (Å²) in [4.78, 5) is 12.1. The van der Waals surface area contributed by atoms with Crippen molar-refractivity contribution in [2.45, 2.75) is 33.1 Å². The molecule has 0 spiro atoms. The Labute approximate surface area is 115 Å². The number of benzene rings is 1. The summed E-state index contributed by atoms with van der Waals surface area (Å²) in [6, 6.07) is 6.53. The van der Waals surface area contributed by atoms with Crippen LogP contribution in [0.5, 0.6) is 0 Å². The highest BCUT2D eigenvalue weighted by molar-refractivity contribution is 5.75. The Morgan fingerprint density at radius 3 is 2.58 bits per heavy atom. The second kappa shape index (κ2) is 5.33. The van der Waals surface area contributed by atoms with Gasteiger partial charge in [-0.3, -0.25) is 4.79 Å². The predicted molar refractivity (Wildman–Crippen MR) is 76.3 cm³/mol. The minimum Gasteiger partial charge on any atom is -0.466 e. The molecule has 104 valence electrons. The Bertz CT molecular complexity index is 463. The highest BCUT2D eigenvalue weighted by Gasteiger charge is 2.45. The summed E-state index contributed by atoms with van der Waals surface area (Å²) < 4.78 is 5.22. The van der Waals surface area contributed by atoms with Crippen LogP contribution in [0.1, 0.15) is 30.5 Å². The molecule has 2 rings (SSSR count). The zero-order chi connectivity index (χ0) is 14.0. The van der Waals surface area contributed by atoms with Crippen LogP contribution in [-0.2, 0) is 14.9 Å². The van der Waals surface area contributed by atoms with E-state index in [1.54, 1.807) is 0 Å². The van der Waals surface area contributed by atoms with Gasteiger partial charge in [-0.15, -0.1) is 0 Å². The summed E-state index contributed by atoms with van der Waals surface area (Å²) >= 11 is 0. The minimum absolute atomic E-state index is 0.0887. The number of hydrogen-bond acceptors (Lipinski definition) is 3. The molecule has 0 radical (unpaired) electrons. The van der Waals surface area contributed by atoms with E-state index in [9.17, 15) is 4.79 Å². The smallest absolute Gasteiger partial charge is 0.311 e. The zero-order valence-electron chi connectivity index (χ0n) is 12.2. The maximum atomic E-state index is 12.1. The molecule has 3 heteroatoms. The average Bonchev–Trinajstić information content (AvgIpc) is 2.72. The fourth-order valence-electron chi connectivity index (χ4n) is 3.02. The van der Waals surface area contributed by atoms with Gasteiger partial charge >= 0.3 is 5.97 Å². The summed E-state index contributed by atoms with van der Waals surface area (Å²) in [5.74, 6) is -0.192. The minimum atomic E-state index is -0.178. The summed E-state index contributed by atoms with van der Waals surface area (Å²) in [7, 11) is 0. The molecule has 1 aliphatic rings. The molecule has 1 aliphatic heterocycles. The third-order valence-corrected chi connectivity index (χ3v) is 4.06. The van der Waals surface area contributed by atoms with Crippen LogP contribution < -0.4 is 5.32 Å². The summed E-state index contributed by atoms with van der Waals surface area (Å²) in [5.41, 5.74) is 3.53. The Morgan fingerprint density at radius 1 is 1.37 bits per heavy atom. The van der Waals surface area contributed by atoms with Crippen LogP contribution in [0.25, 0.3) is 0 Å². The predicted octanol–water partition coefficient (Wildman–Crippen LogP) is 2.34. The Hall–Kier alpha value is -1.35. The molecular weight excluding hydrogens is 238 g/mol. The number of carbonyl (C=O) groups is 1. The molecule has 0 amide bonds. The lowest BCUT2D eigenvalue weighted by molar-refractivity contribution is -0.149. The van der Waals surface area contributed by atoms with Gasteiger partial charge in [-0.1, -0.05) is 36.2 Å². The van der Waals surface area contributed by atoms with Crippen molar-refractivity contribution < 1.29 is 9.53 Å². The molecule has 19 heavy (non-hydrogen) atoms. The first kappa shape index (κ1) is 14.1. The van der Waals surface area contributed by atoms with Gasteiger partial charge in [0, 0.05) is 18.5 Å². The number of carbonyl (C=O) groups excluding carboxylic acids is 1. The molecule has 1 heterocycles. The van der Waals surface area contributed by atoms with Crippen LogP contribution in [0.2, 0.25) is 0 Å². The van der Waals surface area contributed by atoms with E-state index >= 15 is 0 Å². The lowest BCUT2D eigenvalue weighted by Crippen LogP contribution is -2.37. The third-order valence-electron chi connectivity index (χ3n) is 4.06. The van der Waals surface area contributed by atoms with Crippen molar-refractivity contribution in [1.29, 1.82) is 0 Å². The molecule has 1 fully saturated rings. The second-order valence-electron chi connectivity index (χ2n) is 5.73. The van der Waals surface area contributed by atoms with E-state index in [1.165, 1.54) is 16.7 Å². The van der Waals surface area contributed by atoms with E-state index < -0.39 is 0 Å². The standard InChI is InChI=1S/C16H23NO2/c1-5-19-15(18)14-9-17-10-16(14,4)13-7-11(2)6-12(3)8-13/h6-8,14,17H,5,9-10H2,1-4H3. The largest absolute Gasteiger partial charge is 0.466 e. The summed E-state index contributed by atoms with van der Waals surface area (Å²) in [5, 5.41) is 3.34. The van der Waals surface area contributed by atoms with Gasteiger partial charge in [-0.2, -0.15) is 0 Å². The van der Waals surface area contributed by atoms with Gasteiger partial charge in [0.25, 0.3) is 0 Å². The Kier molecular flexibility index (Phi) is 3.95. The number of esters is 1. The van der Waals surface area contributed by atoms with E-state index in [1.807, 2.05) is 6.92 Å². The molecule has 2 unspecified atom stereocenters. The maximum absolute atomic E-state index is 12.1. The van der Waals surface area contributed by atoms with Crippen molar-refractivity contribution in [2.75, 3.05) is 19.7 Å². The van der Waals surface area contributed by atoms with Crippen LogP contribution in [0.15, 0.2) is 18.2 Å². The molecule has 0 aromatic heterocycles. The van der Waals surface area contributed by atoms with Crippen LogP contribution in [-0.4, -0.2) is 25.7 Å². The topological polar surface area (TPSA) is 38.3 Å². The first-order chi connectivity index (χ1) is 8.97. The maximum Gasteiger partial charge on any atom is 0.311 e. The van der Waals surface area contributed by atoms with Gasteiger partial charge in [0.05, 0.1) is 12.5 Å². The quantitative estimate of drug-likeness (QED) is 0.849. The number of aryl methyl sites for hydroxylation is 2. The van der Waals surface area contributed by atoms with Gasteiger partial charge in [0.2, 0.25) is 0 Å². The molecular formula is C16H23NO2. The second-order valence-corrected chi connectivity index (χ2v) is 5.73. The average molecular weight is 261 g/mol. The van der Waals surface area contributed by atoms with E-state index in [0.29, 0.717) is 13.2 Å². The van der Waals surface area contributed by atoms with Crippen LogP contribution >= 0.6 is 0 Å². The fraction of sp³-hybridized carbons (Fsp3) is 0.562. The lowest BCUT2D eigenvalue weighted by Gasteiger charge is -2.30. The van der Waals surface area contributed by atoms with E-state index in [2.05, 4.69) is 44.3 Å². The molecule has 1 aromatic carbocycles. The highest BCUT2D eigenvalue weighted by atomic mass is 16.5. The molecule has 2 atom stereocenters. The van der Waals surface area contributed by atoms with Crippen molar-refractivity contribution in [2.24, 2.45) is 5.92 Å². The molecule has 3 nitrogen and oxygen atoms in total. The Morgan fingerprint density at radius 2 is 2.00 bits per heavy atom. The van der Waals surface area contributed by atoms with Gasteiger partial charge in [0.1, 0.15) is 0 Å². The van der Waals surface area contributed by atoms with Crippen molar-refractivity contribution in [1.82, 2.24) is 5.32 Å². The highest BCUT2D eigenvalue weighted by Crippen LogP contribution is 2.36. The zero-order valence-corrected chi connectivity index (χ0v) is 12.2. The number of rotatable bonds is 3. The Balaban J connectivity index is 2.36. The van der Waals surface area contributed by atoms with Crippen molar-refractivity contribution in [3.8, 4) is 0 Å². The van der Waals surface area contributed by atoms with Gasteiger partial charge in [0.15, 0.2) is 0 Å². The first-order valence-corrected chi connectivity index (χ1v) is 6.93. The lowest BCUT2D eigenvalue weighted by atomic mass is 9.73. The van der Waals surface area contributed by atoms with E-state index in [0.717, 1.165) is 6.54 Å². The van der Waals surface area contributed by atoms with Gasteiger partial charge < -0.3 is 10.1 Å². The van der Waals surface area contributed by atoms with Crippen LogP contribution in [0, 0.1) is 19.8 Å². The van der Waals surface area contributed by atoms with Crippen LogP contribution in [0.4, 0.5) is 0 Å². The number of ether oxygens (including phenoxy) is 1. The first-order valence-electron chi connectivity index (χ1n) is 6.93. The molecule has 0 aliphatic carbocycles. The van der Waals surface area contributed by atoms with Crippen molar-refractivity contribution in [3.63, 3.8) is 0 Å². The molecule has 1 aromatic rings. The molecule has 1 saturated heterocycles. The summed E-state index contributed by atoms with van der Waals surface area (Å²) in [6.07, 6.45) is 0. The summed E-state index contributed by atoms with van der Waals surface area (Å²) in [6.45, 7) is 10.2. The number of nitrogens with one attached hydrogen (secondary N) is 1. The van der Waals surface area contributed by atoms with Crippen LogP contribution in [0.3, 0.4) is 0 Å². The van der Waals surface area contributed by atoms with Gasteiger partial charge in [-0.25, -0.2) is 0 Å². The fourth-order valence-corrected chi connectivity index (χ4v) is 3.02. The third kappa shape index (κ3) is 2.66. The van der Waals surface area contributed by atoms with E-state index in [-0.39, 0.29) is 17.3 Å².